The maximum absolute atomic E-state index is 13.4. The molecule has 3 rings (SSSR count). The van der Waals surface area contributed by atoms with Gasteiger partial charge in [-0.15, -0.1) is 0 Å². The summed E-state index contributed by atoms with van der Waals surface area (Å²) in [6, 6.07) is 7.42. The third kappa shape index (κ3) is 6.10. The fourth-order valence-electron chi connectivity index (χ4n) is 2.91. The molecule has 0 radical (unpaired) electrons. The zero-order valence-corrected chi connectivity index (χ0v) is 20.3. The molecule has 9 nitrogen and oxygen atoms in total. The summed E-state index contributed by atoms with van der Waals surface area (Å²) in [5.74, 6) is -1.75. The standard InChI is InChI=1S/C21H21ClF3N5O4S/c1-20(2,3)30-19(34-18-14(21(23,24)25)5-4-10-27-18)15(22)16(29-30)17(31)28-11-12-6-8-13(9-7-12)35(26,32)33/h4-10H,11H2,1-3H3,(H,28,31)(H2,26,32,33). The lowest BCUT2D eigenvalue weighted by atomic mass is 10.1. The number of carbonyl (C=O) groups excluding carboxylic acids is 1. The van der Waals surface area contributed by atoms with Crippen LogP contribution in [-0.2, 0) is 28.3 Å². The van der Waals surface area contributed by atoms with Crippen LogP contribution < -0.4 is 15.2 Å². The Morgan fingerprint density at radius 1 is 1.17 bits per heavy atom. The average molecular weight is 532 g/mol. The first-order valence-electron chi connectivity index (χ1n) is 9.98. The summed E-state index contributed by atoms with van der Waals surface area (Å²) in [7, 11) is -3.86. The van der Waals surface area contributed by atoms with Crippen molar-refractivity contribution in [2.24, 2.45) is 5.14 Å². The molecule has 1 aromatic carbocycles. The molecule has 0 aliphatic heterocycles. The molecule has 0 unspecified atom stereocenters. The topological polar surface area (TPSA) is 129 Å². The molecule has 0 aliphatic carbocycles. The van der Waals surface area contributed by atoms with E-state index in [4.69, 9.17) is 21.5 Å². The van der Waals surface area contributed by atoms with Gasteiger partial charge in [0.15, 0.2) is 5.69 Å². The van der Waals surface area contributed by atoms with Crippen molar-refractivity contribution in [3.63, 3.8) is 0 Å². The summed E-state index contributed by atoms with van der Waals surface area (Å²) in [6.07, 6.45) is -3.60. The Morgan fingerprint density at radius 2 is 1.80 bits per heavy atom. The Balaban J connectivity index is 1.90. The van der Waals surface area contributed by atoms with Crippen LogP contribution in [0.1, 0.15) is 42.4 Å². The molecule has 0 saturated carbocycles. The average Bonchev–Trinajstić information content (AvgIpc) is 3.08. The SMILES string of the molecule is CC(C)(C)n1nc(C(=O)NCc2ccc(S(N)(=O)=O)cc2)c(Cl)c1Oc1ncccc1C(F)(F)F. The van der Waals surface area contributed by atoms with Crippen LogP contribution >= 0.6 is 11.6 Å². The molecule has 0 saturated heterocycles. The van der Waals surface area contributed by atoms with Crippen molar-refractivity contribution in [3.8, 4) is 11.8 Å². The van der Waals surface area contributed by atoms with Crippen LogP contribution in [0.2, 0.25) is 5.02 Å². The summed E-state index contributed by atoms with van der Waals surface area (Å²) in [5.41, 5.74) is -1.67. The van der Waals surface area contributed by atoms with Gasteiger partial charge in [-0.2, -0.15) is 18.3 Å². The predicted molar refractivity (Wildman–Crippen MR) is 121 cm³/mol. The summed E-state index contributed by atoms with van der Waals surface area (Å²) in [4.78, 5) is 16.4. The molecule has 0 fully saturated rings. The van der Waals surface area contributed by atoms with Crippen molar-refractivity contribution in [1.29, 1.82) is 0 Å². The molecule has 35 heavy (non-hydrogen) atoms. The van der Waals surface area contributed by atoms with Crippen LogP contribution in [-0.4, -0.2) is 29.1 Å². The van der Waals surface area contributed by atoms with E-state index in [-0.39, 0.29) is 28.0 Å². The van der Waals surface area contributed by atoms with E-state index in [1.807, 2.05) is 0 Å². The lowest BCUT2D eigenvalue weighted by molar-refractivity contribution is -0.138. The largest absolute Gasteiger partial charge is 0.421 e. The Morgan fingerprint density at radius 3 is 2.34 bits per heavy atom. The van der Waals surface area contributed by atoms with Gasteiger partial charge in [0.25, 0.3) is 5.91 Å². The highest BCUT2D eigenvalue weighted by atomic mass is 35.5. The molecule has 0 spiro atoms. The van der Waals surface area contributed by atoms with E-state index >= 15 is 0 Å². The molecule has 188 valence electrons. The minimum Gasteiger partial charge on any atom is -0.419 e. The molecule has 0 bridgehead atoms. The van der Waals surface area contributed by atoms with Crippen LogP contribution in [0.5, 0.6) is 11.8 Å². The number of carbonyl (C=O) groups is 1. The third-order valence-electron chi connectivity index (χ3n) is 4.61. The number of nitrogens with two attached hydrogens (primary N) is 1. The van der Waals surface area contributed by atoms with E-state index in [0.29, 0.717) is 5.56 Å². The van der Waals surface area contributed by atoms with Gasteiger partial charge < -0.3 is 10.1 Å². The Hall–Kier alpha value is -3.16. The lowest BCUT2D eigenvalue weighted by Gasteiger charge is -2.22. The summed E-state index contributed by atoms with van der Waals surface area (Å²) in [6.45, 7) is 5.07. The van der Waals surface area contributed by atoms with E-state index in [1.54, 1.807) is 20.8 Å². The van der Waals surface area contributed by atoms with E-state index < -0.39 is 39.1 Å². The monoisotopic (exact) mass is 531 g/mol. The number of hydrogen-bond donors (Lipinski definition) is 2. The number of primary sulfonamides is 1. The number of alkyl halides is 3. The predicted octanol–water partition coefficient (Wildman–Crippen LogP) is 4.08. The molecular formula is C21H21ClF3N5O4S. The van der Waals surface area contributed by atoms with Gasteiger partial charge in [0.1, 0.15) is 10.6 Å². The molecule has 3 N–H and O–H groups in total. The van der Waals surface area contributed by atoms with Gasteiger partial charge in [-0.1, -0.05) is 23.7 Å². The highest BCUT2D eigenvalue weighted by molar-refractivity contribution is 7.89. The van der Waals surface area contributed by atoms with Gasteiger partial charge in [-0.25, -0.2) is 23.2 Å². The number of pyridine rings is 1. The maximum Gasteiger partial charge on any atom is 0.421 e. The fraction of sp³-hybridized carbons (Fsp3) is 0.286. The van der Waals surface area contributed by atoms with Crippen molar-refractivity contribution >= 4 is 27.5 Å². The van der Waals surface area contributed by atoms with Crippen molar-refractivity contribution in [3.05, 3.63) is 64.4 Å². The highest BCUT2D eigenvalue weighted by Crippen LogP contribution is 2.40. The zero-order chi connectivity index (χ0) is 26.2. The quantitative estimate of drug-likeness (QED) is 0.493. The third-order valence-corrected chi connectivity index (χ3v) is 5.88. The lowest BCUT2D eigenvalue weighted by Crippen LogP contribution is -2.26. The first kappa shape index (κ1) is 26.4. The number of halogens is 4. The molecule has 0 aliphatic rings. The van der Waals surface area contributed by atoms with Crippen LogP contribution in [0.3, 0.4) is 0 Å². The van der Waals surface area contributed by atoms with Gasteiger partial charge in [0, 0.05) is 12.7 Å². The van der Waals surface area contributed by atoms with Crippen LogP contribution in [0.4, 0.5) is 13.2 Å². The molecular weight excluding hydrogens is 511 g/mol. The number of nitrogens with one attached hydrogen (secondary N) is 1. The minimum atomic E-state index is -4.73. The number of benzene rings is 1. The number of amides is 1. The molecule has 3 aromatic rings. The Labute approximate surface area is 204 Å². The minimum absolute atomic E-state index is 0.0168. The van der Waals surface area contributed by atoms with Crippen LogP contribution in [0, 0.1) is 0 Å². The van der Waals surface area contributed by atoms with E-state index in [9.17, 15) is 26.4 Å². The number of nitrogens with zero attached hydrogens (tertiary/aromatic N) is 3. The number of ether oxygens (including phenoxy) is 1. The van der Waals surface area contributed by atoms with Crippen LogP contribution in [0.15, 0.2) is 47.5 Å². The summed E-state index contributed by atoms with van der Waals surface area (Å²) in [5, 5.41) is 11.5. The van der Waals surface area contributed by atoms with Gasteiger partial charge >= 0.3 is 6.18 Å². The van der Waals surface area contributed by atoms with Crippen molar-refractivity contribution < 1.29 is 31.1 Å². The normalized spacial score (nSPS) is 12.5. The Kier molecular flexibility index (Phi) is 7.16. The van der Waals surface area contributed by atoms with Gasteiger partial charge in [0.2, 0.25) is 21.8 Å². The maximum atomic E-state index is 13.4. The Bertz CT molecular complexity index is 1350. The smallest absolute Gasteiger partial charge is 0.419 e. The summed E-state index contributed by atoms with van der Waals surface area (Å²) < 4.78 is 69.5. The van der Waals surface area contributed by atoms with Crippen molar-refractivity contribution in [2.45, 2.75) is 43.9 Å². The van der Waals surface area contributed by atoms with E-state index in [1.165, 1.54) is 28.9 Å². The first-order valence-corrected chi connectivity index (χ1v) is 11.9. The second kappa shape index (κ2) is 9.47. The molecule has 14 heteroatoms. The molecule has 0 atom stereocenters. The second-order valence-electron chi connectivity index (χ2n) is 8.38. The number of rotatable bonds is 6. The number of sulfonamides is 1. The molecule has 1 amide bonds. The van der Waals surface area contributed by atoms with E-state index in [2.05, 4.69) is 15.4 Å². The number of hydrogen-bond acceptors (Lipinski definition) is 6. The first-order chi connectivity index (χ1) is 16.1. The van der Waals surface area contributed by atoms with Gasteiger partial charge in [-0.3, -0.25) is 4.79 Å². The second-order valence-corrected chi connectivity index (χ2v) is 10.3. The molecule has 2 heterocycles. The van der Waals surface area contributed by atoms with Crippen molar-refractivity contribution in [2.75, 3.05) is 0 Å². The molecule has 2 aromatic heterocycles. The fourth-order valence-corrected chi connectivity index (χ4v) is 3.67. The highest BCUT2D eigenvalue weighted by Gasteiger charge is 2.37. The van der Waals surface area contributed by atoms with Gasteiger partial charge in [0.05, 0.1) is 10.4 Å². The van der Waals surface area contributed by atoms with E-state index in [0.717, 1.165) is 18.3 Å². The zero-order valence-electron chi connectivity index (χ0n) is 18.7. The summed E-state index contributed by atoms with van der Waals surface area (Å²) >= 11 is 6.34. The van der Waals surface area contributed by atoms with Crippen LogP contribution in [0.25, 0.3) is 0 Å². The van der Waals surface area contributed by atoms with Gasteiger partial charge in [-0.05, 0) is 50.6 Å². The number of aromatic nitrogens is 3. The van der Waals surface area contributed by atoms with Crippen molar-refractivity contribution in [1.82, 2.24) is 20.1 Å².